The molecule has 0 bridgehead atoms. The molecule has 0 aliphatic heterocycles. The van der Waals surface area contributed by atoms with Crippen molar-refractivity contribution in [3.63, 3.8) is 0 Å². The molecule has 18 heavy (non-hydrogen) atoms. The number of alkyl halides is 2. The van der Waals surface area contributed by atoms with Gasteiger partial charge in [0.15, 0.2) is 11.3 Å². The lowest BCUT2D eigenvalue weighted by Gasteiger charge is -2.06. The van der Waals surface area contributed by atoms with Crippen LogP contribution >= 0.6 is 0 Å². The Hall–Kier alpha value is -2.11. The normalized spacial score (nSPS) is 11.2. The van der Waals surface area contributed by atoms with Crippen molar-refractivity contribution in [1.82, 2.24) is 0 Å². The first-order valence-electron chi connectivity index (χ1n) is 5.12. The summed E-state index contributed by atoms with van der Waals surface area (Å²) < 4.78 is 34.1. The third kappa shape index (κ3) is 1.90. The van der Waals surface area contributed by atoms with Gasteiger partial charge in [-0.3, -0.25) is 0 Å². The largest absolute Gasteiger partial charge is 0.478 e. The molecule has 1 N–H and O–H groups in total. The summed E-state index contributed by atoms with van der Waals surface area (Å²) in [7, 11) is 0. The summed E-state index contributed by atoms with van der Waals surface area (Å²) in [5.74, 6) is -0.841. The van der Waals surface area contributed by atoms with Gasteiger partial charge in [-0.05, 0) is 31.5 Å². The van der Waals surface area contributed by atoms with Crippen molar-refractivity contribution in [1.29, 1.82) is 0 Å². The van der Waals surface area contributed by atoms with Gasteiger partial charge in [0, 0.05) is 5.39 Å². The average Bonchev–Trinajstić information content (AvgIpc) is 2.56. The van der Waals surface area contributed by atoms with E-state index in [2.05, 4.69) is 4.74 Å². The number of fused-ring (bicyclic) bond motifs is 1. The zero-order valence-corrected chi connectivity index (χ0v) is 9.66. The van der Waals surface area contributed by atoms with E-state index in [0.717, 1.165) is 0 Å². The summed E-state index contributed by atoms with van der Waals surface area (Å²) in [6.45, 7) is 0.307. The number of carboxylic acids is 1. The summed E-state index contributed by atoms with van der Waals surface area (Å²) in [4.78, 5) is 11.1. The zero-order valence-electron chi connectivity index (χ0n) is 9.66. The molecular formula is C12H10F2O4. The Morgan fingerprint density at radius 1 is 1.39 bits per heavy atom. The minimum absolute atomic E-state index is 0.000895. The molecular weight excluding hydrogens is 246 g/mol. The Balaban J connectivity index is 2.75. The number of hydrogen-bond donors (Lipinski definition) is 1. The maximum absolute atomic E-state index is 12.2. The molecule has 0 unspecified atom stereocenters. The van der Waals surface area contributed by atoms with Gasteiger partial charge in [-0.15, -0.1) is 0 Å². The fourth-order valence-electron chi connectivity index (χ4n) is 1.81. The molecule has 0 spiro atoms. The number of rotatable bonds is 3. The van der Waals surface area contributed by atoms with E-state index in [-0.39, 0.29) is 22.3 Å². The van der Waals surface area contributed by atoms with Crippen molar-refractivity contribution >= 4 is 16.9 Å². The number of aromatic carboxylic acids is 1. The van der Waals surface area contributed by atoms with Crippen LogP contribution in [0.25, 0.3) is 11.0 Å². The number of aryl methyl sites for hydroxylation is 2. The molecule has 1 aromatic heterocycles. The summed E-state index contributed by atoms with van der Waals surface area (Å²) in [6.07, 6.45) is 0. The molecule has 0 radical (unpaired) electrons. The fourth-order valence-corrected chi connectivity index (χ4v) is 1.81. The van der Waals surface area contributed by atoms with E-state index >= 15 is 0 Å². The minimum atomic E-state index is -2.99. The molecule has 1 heterocycles. The number of halogens is 2. The molecule has 2 aromatic rings. The van der Waals surface area contributed by atoms with Crippen molar-refractivity contribution in [3.05, 3.63) is 29.0 Å². The van der Waals surface area contributed by atoms with Gasteiger partial charge < -0.3 is 14.3 Å². The van der Waals surface area contributed by atoms with Crippen LogP contribution in [0.5, 0.6) is 5.75 Å². The molecule has 0 saturated heterocycles. The number of hydrogen-bond acceptors (Lipinski definition) is 3. The monoisotopic (exact) mass is 256 g/mol. The Kier molecular flexibility index (Phi) is 2.94. The Bertz CT molecular complexity index is 616. The van der Waals surface area contributed by atoms with E-state index in [1.165, 1.54) is 12.1 Å². The van der Waals surface area contributed by atoms with Crippen LogP contribution in [0.15, 0.2) is 16.5 Å². The lowest BCUT2D eigenvalue weighted by Crippen LogP contribution is -2.03. The predicted molar refractivity (Wildman–Crippen MR) is 59.3 cm³/mol. The second-order valence-electron chi connectivity index (χ2n) is 3.78. The zero-order chi connectivity index (χ0) is 13.4. The summed E-state index contributed by atoms with van der Waals surface area (Å²) in [5, 5.41) is 9.35. The van der Waals surface area contributed by atoms with E-state index < -0.39 is 12.6 Å². The topological polar surface area (TPSA) is 59.7 Å². The van der Waals surface area contributed by atoms with Gasteiger partial charge in [-0.1, -0.05) is 0 Å². The van der Waals surface area contributed by atoms with Gasteiger partial charge >= 0.3 is 12.6 Å². The van der Waals surface area contributed by atoms with E-state index in [4.69, 9.17) is 9.52 Å². The van der Waals surface area contributed by atoms with Crippen LogP contribution in [0.4, 0.5) is 8.78 Å². The number of carbonyl (C=O) groups is 1. The number of benzene rings is 1. The van der Waals surface area contributed by atoms with Gasteiger partial charge in [-0.25, -0.2) is 4.79 Å². The quantitative estimate of drug-likeness (QED) is 0.914. The van der Waals surface area contributed by atoms with Crippen LogP contribution in [0, 0.1) is 13.8 Å². The van der Waals surface area contributed by atoms with Crippen LogP contribution in [0.2, 0.25) is 0 Å². The highest BCUT2D eigenvalue weighted by atomic mass is 19.3. The van der Waals surface area contributed by atoms with Gasteiger partial charge in [-0.2, -0.15) is 8.78 Å². The molecule has 1 aromatic carbocycles. The average molecular weight is 256 g/mol. The van der Waals surface area contributed by atoms with Crippen LogP contribution in [0.3, 0.4) is 0 Å². The summed E-state index contributed by atoms with van der Waals surface area (Å²) in [6, 6.07) is 2.39. The van der Waals surface area contributed by atoms with E-state index in [9.17, 15) is 13.6 Å². The molecule has 0 aliphatic carbocycles. The first kappa shape index (κ1) is 12.3. The molecule has 0 saturated carbocycles. The second kappa shape index (κ2) is 4.29. The molecule has 0 aliphatic rings. The lowest BCUT2D eigenvalue weighted by atomic mass is 10.1. The molecule has 0 amide bonds. The van der Waals surface area contributed by atoms with Crippen molar-refractivity contribution < 1.29 is 27.8 Å². The second-order valence-corrected chi connectivity index (χ2v) is 3.78. The van der Waals surface area contributed by atoms with Crippen LogP contribution in [-0.2, 0) is 0 Å². The SMILES string of the molecule is Cc1oc2c(OC(F)F)ccc(C(=O)O)c2c1C. The highest BCUT2D eigenvalue weighted by Crippen LogP contribution is 2.35. The highest BCUT2D eigenvalue weighted by molar-refractivity contribution is 6.05. The van der Waals surface area contributed by atoms with Crippen molar-refractivity contribution in [2.24, 2.45) is 0 Å². The number of ether oxygens (including phenoxy) is 1. The maximum atomic E-state index is 12.2. The van der Waals surface area contributed by atoms with Gasteiger partial charge in [0.2, 0.25) is 0 Å². The van der Waals surface area contributed by atoms with Gasteiger partial charge in [0.05, 0.1) is 5.56 Å². The van der Waals surface area contributed by atoms with E-state index in [1.54, 1.807) is 13.8 Å². The number of furan rings is 1. The summed E-state index contributed by atoms with van der Waals surface area (Å²) in [5.41, 5.74) is 0.633. The Morgan fingerprint density at radius 2 is 2.06 bits per heavy atom. The highest BCUT2D eigenvalue weighted by Gasteiger charge is 2.20. The number of carboxylic acid groups (broad SMARTS) is 1. The first-order valence-corrected chi connectivity index (χ1v) is 5.12. The third-order valence-electron chi connectivity index (χ3n) is 2.73. The predicted octanol–water partition coefficient (Wildman–Crippen LogP) is 3.35. The molecule has 2 rings (SSSR count). The Labute approximate surface area is 101 Å². The van der Waals surface area contributed by atoms with Gasteiger partial charge in [0.1, 0.15) is 5.76 Å². The standard InChI is InChI=1S/C12H10F2O4/c1-5-6(2)17-10-8(18-12(13)14)4-3-7(9(5)10)11(15)16/h3-4,12H,1-2H3,(H,15,16). The molecule has 0 fully saturated rings. The van der Waals surface area contributed by atoms with Crippen LogP contribution in [-0.4, -0.2) is 17.7 Å². The van der Waals surface area contributed by atoms with Crippen LogP contribution < -0.4 is 4.74 Å². The fraction of sp³-hybridized carbons (Fsp3) is 0.250. The molecule has 6 heteroatoms. The summed E-state index contributed by atoms with van der Waals surface area (Å²) >= 11 is 0. The van der Waals surface area contributed by atoms with E-state index in [1.807, 2.05) is 0 Å². The van der Waals surface area contributed by atoms with Crippen molar-refractivity contribution in [2.75, 3.05) is 0 Å². The maximum Gasteiger partial charge on any atom is 0.387 e. The van der Waals surface area contributed by atoms with Crippen LogP contribution in [0.1, 0.15) is 21.7 Å². The third-order valence-corrected chi connectivity index (χ3v) is 2.73. The first-order chi connectivity index (χ1) is 8.41. The van der Waals surface area contributed by atoms with Crippen molar-refractivity contribution in [2.45, 2.75) is 20.5 Å². The van der Waals surface area contributed by atoms with Gasteiger partial charge in [0.25, 0.3) is 0 Å². The van der Waals surface area contributed by atoms with Crippen molar-refractivity contribution in [3.8, 4) is 5.75 Å². The lowest BCUT2D eigenvalue weighted by molar-refractivity contribution is -0.0494. The smallest absolute Gasteiger partial charge is 0.387 e. The Morgan fingerprint density at radius 3 is 2.61 bits per heavy atom. The van der Waals surface area contributed by atoms with E-state index in [0.29, 0.717) is 11.3 Å². The molecule has 4 nitrogen and oxygen atoms in total. The molecule has 0 atom stereocenters. The minimum Gasteiger partial charge on any atom is -0.478 e. The molecule has 96 valence electrons.